The van der Waals surface area contributed by atoms with Crippen LogP contribution in [0.15, 0.2) is 0 Å². The fourth-order valence-electron chi connectivity index (χ4n) is 2.70. The molecular weight excluding hydrogens is 254 g/mol. The number of alkyl halides is 2. The number of cyclic esters (lactones) is 1. The van der Waals surface area contributed by atoms with Crippen molar-refractivity contribution in [3.05, 3.63) is 0 Å². The van der Waals surface area contributed by atoms with Gasteiger partial charge in [-0.2, -0.15) is 8.78 Å². The van der Waals surface area contributed by atoms with Crippen LogP contribution in [0, 0.1) is 0 Å². The van der Waals surface area contributed by atoms with Crippen LogP contribution < -0.4 is 5.32 Å². The standard InChI is InChI=1S/C13H22F2N2O2/c1-9(2)17(7-10-4-3-5-16-10)8-11-6-13(14,15)12(18)19-11/h9-11,16H,3-8H2,1-2H3. The Kier molecular flexibility index (Phi) is 4.40. The number of nitrogens with one attached hydrogen (secondary N) is 1. The van der Waals surface area contributed by atoms with Crippen molar-refractivity contribution in [2.75, 3.05) is 19.6 Å². The van der Waals surface area contributed by atoms with Gasteiger partial charge in [0, 0.05) is 25.2 Å². The molecule has 4 nitrogen and oxygen atoms in total. The van der Waals surface area contributed by atoms with E-state index in [-0.39, 0.29) is 6.04 Å². The van der Waals surface area contributed by atoms with Crippen molar-refractivity contribution in [3.63, 3.8) is 0 Å². The normalized spacial score (nSPS) is 30.3. The average molecular weight is 276 g/mol. The molecule has 2 aliphatic rings. The van der Waals surface area contributed by atoms with E-state index in [0.717, 1.165) is 25.9 Å². The molecule has 0 aliphatic carbocycles. The first kappa shape index (κ1) is 14.7. The summed E-state index contributed by atoms with van der Waals surface area (Å²) < 4.78 is 31.0. The lowest BCUT2D eigenvalue weighted by molar-refractivity contribution is -0.159. The first-order chi connectivity index (χ1) is 8.88. The van der Waals surface area contributed by atoms with Crippen LogP contribution in [0.3, 0.4) is 0 Å². The summed E-state index contributed by atoms with van der Waals surface area (Å²) in [4.78, 5) is 13.1. The molecule has 0 aromatic rings. The minimum atomic E-state index is -3.31. The van der Waals surface area contributed by atoms with Crippen molar-refractivity contribution in [2.45, 2.75) is 57.2 Å². The van der Waals surface area contributed by atoms with Crippen molar-refractivity contribution in [1.82, 2.24) is 10.2 Å². The summed E-state index contributed by atoms with van der Waals surface area (Å²) in [6.07, 6.45) is 1.09. The van der Waals surface area contributed by atoms with E-state index in [1.807, 2.05) is 13.8 Å². The zero-order valence-electron chi connectivity index (χ0n) is 11.5. The van der Waals surface area contributed by atoms with Gasteiger partial charge in [0.05, 0.1) is 6.42 Å². The van der Waals surface area contributed by atoms with Gasteiger partial charge < -0.3 is 10.1 Å². The van der Waals surface area contributed by atoms with Crippen LogP contribution in [-0.2, 0) is 9.53 Å². The van der Waals surface area contributed by atoms with E-state index in [4.69, 9.17) is 4.74 Å². The Hall–Kier alpha value is -0.750. The van der Waals surface area contributed by atoms with Crippen molar-refractivity contribution >= 4 is 5.97 Å². The summed E-state index contributed by atoms with van der Waals surface area (Å²) >= 11 is 0. The van der Waals surface area contributed by atoms with Crippen LogP contribution in [0.25, 0.3) is 0 Å². The minimum absolute atomic E-state index is 0.246. The first-order valence-electron chi connectivity index (χ1n) is 6.95. The third-order valence-electron chi connectivity index (χ3n) is 3.84. The number of esters is 1. The SMILES string of the molecule is CC(C)N(CC1CCCN1)CC1CC(F)(F)C(=O)O1. The highest BCUT2D eigenvalue weighted by molar-refractivity contribution is 5.79. The maximum Gasteiger partial charge on any atom is 0.377 e. The monoisotopic (exact) mass is 276 g/mol. The maximum atomic E-state index is 13.1. The first-order valence-corrected chi connectivity index (χ1v) is 6.95. The molecule has 0 amide bonds. The van der Waals surface area contributed by atoms with Gasteiger partial charge in [0.1, 0.15) is 6.10 Å². The third kappa shape index (κ3) is 3.63. The van der Waals surface area contributed by atoms with Gasteiger partial charge in [-0.25, -0.2) is 4.79 Å². The Balaban J connectivity index is 1.88. The van der Waals surface area contributed by atoms with Gasteiger partial charge >= 0.3 is 11.9 Å². The summed E-state index contributed by atoms with van der Waals surface area (Å²) in [6.45, 7) is 6.29. The Labute approximate surface area is 112 Å². The number of halogens is 2. The van der Waals surface area contributed by atoms with Crippen LogP contribution in [0.4, 0.5) is 8.78 Å². The molecule has 2 saturated heterocycles. The quantitative estimate of drug-likeness (QED) is 0.771. The summed E-state index contributed by atoms with van der Waals surface area (Å²) in [5.41, 5.74) is 0. The summed E-state index contributed by atoms with van der Waals surface area (Å²) in [5, 5.41) is 3.39. The second kappa shape index (κ2) is 5.71. The van der Waals surface area contributed by atoms with E-state index in [2.05, 4.69) is 10.2 Å². The van der Waals surface area contributed by atoms with E-state index in [1.54, 1.807) is 0 Å². The molecule has 6 heteroatoms. The largest absolute Gasteiger partial charge is 0.456 e. The zero-order chi connectivity index (χ0) is 14.0. The molecule has 2 heterocycles. The number of ether oxygens (including phenoxy) is 1. The molecule has 0 spiro atoms. The van der Waals surface area contributed by atoms with Gasteiger partial charge in [0.15, 0.2) is 0 Å². The Morgan fingerprint density at radius 3 is 2.68 bits per heavy atom. The molecule has 0 radical (unpaired) electrons. The minimum Gasteiger partial charge on any atom is -0.456 e. The van der Waals surface area contributed by atoms with Gasteiger partial charge in [-0.15, -0.1) is 0 Å². The fourth-order valence-corrected chi connectivity index (χ4v) is 2.70. The number of nitrogens with zero attached hydrogens (tertiary/aromatic N) is 1. The average Bonchev–Trinajstić information content (AvgIpc) is 2.87. The topological polar surface area (TPSA) is 41.6 Å². The highest BCUT2D eigenvalue weighted by Crippen LogP contribution is 2.31. The maximum absolute atomic E-state index is 13.1. The van der Waals surface area contributed by atoms with Gasteiger partial charge in [-0.3, -0.25) is 4.90 Å². The van der Waals surface area contributed by atoms with Crippen molar-refractivity contribution in [3.8, 4) is 0 Å². The molecule has 2 fully saturated rings. The molecule has 0 saturated carbocycles. The number of hydrogen-bond acceptors (Lipinski definition) is 4. The van der Waals surface area contributed by atoms with Crippen LogP contribution >= 0.6 is 0 Å². The van der Waals surface area contributed by atoms with E-state index < -0.39 is 24.4 Å². The van der Waals surface area contributed by atoms with Crippen molar-refractivity contribution < 1.29 is 18.3 Å². The number of carbonyl (C=O) groups is 1. The van der Waals surface area contributed by atoms with Gasteiger partial charge in [0.25, 0.3) is 0 Å². The molecule has 2 rings (SSSR count). The zero-order valence-corrected chi connectivity index (χ0v) is 11.5. The van der Waals surface area contributed by atoms with Crippen LogP contribution in [0.5, 0.6) is 0 Å². The summed E-state index contributed by atoms with van der Waals surface area (Å²) in [5.74, 6) is -4.68. The molecule has 0 aromatic carbocycles. The molecular formula is C13H22F2N2O2. The Bertz CT molecular complexity index is 331. The molecule has 0 aromatic heterocycles. The van der Waals surface area contributed by atoms with Crippen molar-refractivity contribution in [1.29, 1.82) is 0 Å². The van der Waals surface area contributed by atoms with Gasteiger partial charge in [-0.05, 0) is 33.2 Å². The van der Waals surface area contributed by atoms with E-state index >= 15 is 0 Å². The van der Waals surface area contributed by atoms with Gasteiger partial charge in [0.2, 0.25) is 0 Å². The molecule has 2 atom stereocenters. The van der Waals surface area contributed by atoms with E-state index in [0.29, 0.717) is 12.6 Å². The highest BCUT2D eigenvalue weighted by atomic mass is 19.3. The smallest absolute Gasteiger partial charge is 0.377 e. The lowest BCUT2D eigenvalue weighted by Gasteiger charge is -2.30. The predicted octanol–water partition coefficient (Wildman–Crippen LogP) is 1.40. The molecule has 0 bridgehead atoms. The van der Waals surface area contributed by atoms with E-state index in [9.17, 15) is 13.6 Å². The molecule has 110 valence electrons. The summed E-state index contributed by atoms with van der Waals surface area (Å²) in [7, 11) is 0. The van der Waals surface area contributed by atoms with E-state index in [1.165, 1.54) is 0 Å². The van der Waals surface area contributed by atoms with Crippen LogP contribution in [-0.4, -0.2) is 54.6 Å². The lowest BCUT2D eigenvalue weighted by atomic mass is 10.1. The lowest BCUT2D eigenvalue weighted by Crippen LogP contribution is -2.44. The molecule has 19 heavy (non-hydrogen) atoms. The number of carbonyl (C=O) groups excluding carboxylic acids is 1. The fraction of sp³-hybridized carbons (Fsp3) is 0.923. The summed E-state index contributed by atoms with van der Waals surface area (Å²) in [6, 6.07) is 0.662. The number of rotatable bonds is 5. The Morgan fingerprint density at radius 2 is 2.21 bits per heavy atom. The molecule has 2 aliphatic heterocycles. The Morgan fingerprint density at radius 1 is 1.47 bits per heavy atom. The second-order valence-electron chi connectivity index (χ2n) is 5.78. The number of hydrogen-bond donors (Lipinski definition) is 1. The third-order valence-corrected chi connectivity index (χ3v) is 3.84. The second-order valence-corrected chi connectivity index (χ2v) is 5.78. The molecule has 2 unspecified atom stereocenters. The molecule has 1 N–H and O–H groups in total. The van der Waals surface area contributed by atoms with Crippen LogP contribution in [0.2, 0.25) is 0 Å². The van der Waals surface area contributed by atoms with Gasteiger partial charge in [-0.1, -0.05) is 0 Å². The van der Waals surface area contributed by atoms with Crippen molar-refractivity contribution in [2.24, 2.45) is 0 Å². The highest BCUT2D eigenvalue weighted by Gasteiger charge is 2.51. The van der Waals surface area contributed by atoms with Crippen LogP contribution in [0.1, 0.15) is 33.1 Å². The predicted molar refractivity (Wildman–Crippen MR) is 67.2 cm³/mol.